The third-order valence-corrected chi connectivity index (χ3v) is 7.70. The van der Waals surface area contributed by atoms with Crippen LogP contribution in [0.15, 0.2) is 0 Å². The van der Waals surface area contributed by atoms with Gasteiger partial charge in [0.15, 0.2) is 0 Å². The predicted molar refractivity (Wildman–Crippen MR) is 177 cm³/mol. The van der Waals surface area contributed by atoms with E-state index >= 15 is 0 Å². The van der Waals surface area contributed by atoms with Gasteiger partial charge < -0.3 is 36.8 Å². The van der Waals surface area contributed by atoms with E-state index in [-0.39, 0.29) is 56.4 Å². The molecular weight excluding hydrogens is 610 g/mol. The van der Waals surface area contributed by atoms with Crippen molar-refractivity contribution in [3.8, 4) is 0 Å². The van der Waals surface area contributed by atoms with Gasteiger partial charge in [-0.05, 0) is 45.4 Å². The first-order chi connectivity index (χ1) is 22.3. The minimum Gasteiger partial charge on any atom is -0.481 e. The number of nitrogens with one attached hydrogen (secondary N) is 3. The van der Waals surface area contributed by atoms with E-state index < -0.39 is 35.8 Å². The Hall–Kier alpha value is -3.55. The largest absolute Gasteiger partial charge is 0.481 e. The molecule has 0 aliphatic rings. The number of likely N-dealkylation sites (N-methyl/N-ethyl adjacent to an activating group) is 1. The second kappa shape index (κ2) is 27.6. The maximum absolute atomic E-state index is 12.2. The second-order valence-electron chi connectivity index (χ2n) is 12.3. The summed E-state index contributed by atoms with van der Waals surface area (Å²) >= 11 is 0. The second-order valence-corrected chi connectivity index (χ2v) is 12.3. The fourth-order valence-corrected chi connectivity index (χ4v) is 4.99. The van der Waals surface area contributed by atoms with Crippen molar-refractivity contribution >= 4 is 41.4 Å². The van der Waals surface area contributed by atoms with Gasteiger partial charge in [-0.25, -0.2) is 4.79 Å². The Labute approximate surface area is 279 Å². The monoisotopic (exact) mass is 669 g/mol. The number of rotatable bonds is 30. The first-order valence-corrected chi connectivity index (χ1v) is 17.1. The van der Waals surface area contributed by atoms with E-state index in [0.29, 0.717) is 32.2 Å². The summed E-state index contributed by atoms with van der Waals surface area (Å²) in [6.45, 7) is 1.45. The standard InChI is InChI=1S/C33H59N5O9/c1-25(39)24-38(2)32(45)26(34)17-15-16-22-35-30(42)23-36-28(40)21-20-27(33(46)47)37-29(41)18-13-11-9-7-5-3-4-6-8-10-12-14-19-31(43)44/h26-27H,3-24,34H2,1-2H3,(H,35,42)(H,36,40)(H,37,41)(H,43,44)(H,46,47)/t26-,27-/m0/s1. The zero-order valence-electron chi connectivity index (χ0n) is 28.5. The van der Waals surface area contributed by atoms with E-state index in [4.69, 9.17) is 10.8 Å². The van der Waals surface area contributed by atoms with E-state index in [0.717, 1.165) is 57.8 Å². The molecule has 0 saturated heterocycles. The predicted octanol–water partition coefficient (Wildman–Crippen LogP) is 2.66. The lowest BCUT2D eigenvalue weighted by atomic mass is 10.0. The summed E-state index contributed by atoms with van der Waals surface area (Å²) in [6, 6.07) is -1.92. The minimum absolute atomic E-state index is 0.00500. The summed E-state index contributed by atoms with van der Waals surface area (Å²) in [6.07, 6.45) is 14.0. The molecule has 0 heterocycles. The highest BCUT2D eigenvalue weighted by molar-refractivity contribution is 5.87. The van der Waals surface area contributed by atoms with Gasteiger partial charge in [-0.1, -0.05) is 64.2 Å². The first kappa shape index (κ1) is 43.5. The summed E-state index contributed by atoms with van der Waals surface area (Å²) in [5.74, 6) is -3.69. The molecule has 0 aromatic carbocycles. The molecule has 7 N–H and O–H groups in total. The van der Waals surface area contributed by atoms with E-state index in [1.165, 1.54) is 31.7 Å². The number of hydrogen-bond acceptors (Lipinski definition) is 8. The molecule has 4 amide bonds. The zero-order chi connectivity index (χ0) is 35.5. The summed E-state index contributed by atoms with van der Waals surface area (Å²) in [4.78, 5) is 83.0. The SMILES string of the molecule is CC(=O)CN(C)C(=O)[C@@H](N)CCCCNC(=O)CNC(=O)CC[C@H](NC(=O)CCCCCCCCCCCCCCC(=O)O)C(=O)O. The van der Waals surface area contributed by atoms with Gasteiger partial charge in [0, 0.05) is 32.9 Å². The number of ketones is 1. The molecule has 0 rings (SSSR count). The van der Waals surface area contributed by atoms with Crippen molar-refractivity contribution in [3.05, 3.63) is 0 Å². The molecular formula is C33H59N5O9. The maximum atomic E-state index is 12.2. The van der Waals surface area contributed by atoms with Gasteiger partial charge in [-0.3, -0.25) is 28.8 Å². The fraction of sp³-hybridized carbons (Fsp3) is 0.788. The number of carbonyl (C=O) groups excluding carboxylic acids is 5. The van der Waals surface area contributed by atoms with Crippen molar-refractivity contribution in [2.24, 2.45) is 5.73 Å². The number of nitrogens with two attached hydrogens (primary N) is 1. The molecule has 0 aliphatic carbocycles. The molecule has 2 atom stereocenters. The minimum atomic E-state index is -1.23. The van der Waals surface area contributed by atoms with Crippen LogP contribution in [0.25, 0.3) is 0 Å². The molecule has 0 radical (unpaired) electrons. The number of nitrogens with zero attached hydrogens (tertiary/aromatic N) is 1. The highest BCUT2D eigenvalue weighted by Crippen LogP contribution is 2.13. The summed E-state index contributed by atoms with van der Waals surface area (Å²) in [5, 5.41) is 25.7. The number of Topliss-reactive ketones (excluding diaryl/α,β-unsaturated/α-hetero) is 1. The van der Waals surface area contributed by atoms with Crippen molar-refractivity contribution in [2.75, 3.05) is 26.7 Å². The van der Waals surface area contributed by atoms with E-state index in [1.807, 2.05) is 0 Å². The van der Waals surface area contributed by atoms with Crippen LogP contribution in [0.1, 0.15) is 129 Å². The van der Waals surface area contributed by atoms with Crippen LogP contribution in [-0.4, -0.2) is 95.2 Å². The van der Waals surface area contributed by atoms with Crippen LogP contribution in [0.5, 0.6) is 0 Å². The third-order valence-electron chi connectivity index (χ3n) is 7.70. The topological polar surface area (TPSA) is 225 Å². The normalized spacial score (nSPS) is 12.1. The molecule has 0 aliphatic heterocycles. The lowest BCUT2D eigenvalue weighted by Gasteiger charge is -2.20. The van der Waals surface area contributed by atoms with E-state index in [1.54, 1.807) is 0 Å². The van der Waals surface area contributed by atoms with Crippen LogP contribution < -0.4 is 21.7 Å². The van der Waals surface area contributed by atoms with Crippen molar-refractivity contribution < 1.29 is 43.8 Å². The Morgan fingerprint density at radius 1 is 0.638 bits per heavy atom. The molecule has 14 nitrogen and oxygen atoms in total. The third kappa shape index (κ3) is 26.2. The van der Waals surface area contributed by atoms with Crippen LogP contribution in [0.2, 0.25) is 0 Å². The lowest BCUT2D eigenvalue weighted by molar-refractivity contribution is -0.142. The summed E-state index contributed by atoms with van der Waals surface area (Å²) < 4.78 is 0. The molecule has 0 aromatic heterocycles. The smallest absolute Gasteiger partial charge is 0.326 e. The molecule has 0 bridgehead atoms. The Kier molecular flexibility index (Phi) is 25.5. The van der Waals surface area contributed by atoms with E-state index in [9.17, 15) is 38.7 Å². The zero-order valence-corrected chi connectivity index (χ0v) is 28.5. The summed E-state index contributed by atoms with van der Waals surface area (Å²) in [5.41, 5.74) is 5.87. The van der Waals surface area contributed by atoms with Crippen LogP contribution >= 0.6 is 0 Å². The van der Waals surface area contributed by atoms with Gasteiger partial charge in [0.25, 0.3) is 0 Å². The number of amides is 4. The van der Waals surface area contributed by atoms with Gasteiger partial charge in [0.05, 0.1) is 19.1 Å². The number of hydrogen-bond donors (Lipinski definition) is 6. The van der Waals surface area contributed by atoms with Crippen molar-refractivity contribution in [1.29, 1.82) is 0 Å². The van der Waals surface area contributed by atoms with Gasteiger partial charge in [0.2, 0.25) is 23.6 Å². The Bertz CT molecular complexity index is 976. The van der Waals surface area contributed by atoms with Crippen LogP contribution in [0.3, 0.4) is 0 Å². The van der Waals surface area contributed by atoms with Crippen molar-refractivity contribution in [3.63, 3.8) is 0 Å². The molecule has 47 heavy (non-hydrogen) atoms. The van der Waals surface area contributed by atoms with Crippen LogP contribution in [-0.2, 0) is 33.6 Å². The number of carboxylic acids is 2. The maximum Gasteiger partial charge on any atom is 0.326 e. The molecule has 14 heteroatoms. The highest BCUT2D eigenvalue weighted by Gasteiger charge is 2.21. The molecule has 0 unspecified atom stereocenters. The summed E-state index contributed by atoms with van der Waals surface area (Å²) in [7, 11) is 1.52. The van der Waals surface area contributed by atoms with Crippen LogP contribution in [0, 0.1) is 0 Å². The number of unbranched alkanes of at least 4 members (excludes halogenated alkanes) is 12. The fourth-order valence-electron chi connectivity index (χ4n) is 4.99. The van der Waals surface area contributed by atoms with Gasteiger partial charge in [-0.15, -0.1) is 0 Å². The Morgan fingerprint density at radius 2 is 1.17 bits per heavy atom. The van der Waals surface area contributed by atoms with Gasteiger partial charge in [0.1, 0.15) is 11.8 Å². The number of carbonyl (C=O) groups is 7. The molecule has 0 fully saturated rings. The average Bonchev–Trinajstić information content (AvgIpc) is 3.00. The van der Waals surface area contributed by atoms with Gasteiger partial charge >= 0.3 is 11.9 Å². The average molecular weight is 670 g/mol. The van der Waals surface area contributed by atoms with E-state index in [2.05, 4.69) is 16.0 Å². The number of aliphatic carboxylic acids is 2. The number of carboxylic acid groups (broad SMARTS) is 2. The van der Waals surface area contributed by atoms with Crippen molar-refractivity contribution in [2.45, 2.75) is 141 Å². The lowest BCUT2D eigenvalue weighted by Crippen LogP contribution is -2.43. The first-order valence-electron chi connectivity index (χ1n) is 17.1. The Balaban J connectivity index is 3.93. The van der Waals surface area contributed by atoms with Gasteiger partial charge in [-0.2, -0.15) is 0 Å². The highest BCUT2D eigenvalue weighted by atomic mass is 16.4. The molecule has 0 spiro atoms. The van der Waals surface area contributed by atoms with Crippen LogP contribution in [0.4, 0.5) is 0 Å². The Morgan fingerprint density at radius 3 is 1.68 bits per heavy atom. The molecule has 0 aromatic rings. The molecule has 0 saturated carbocycles. The quantitative estimate of drug-likeness (QED) is 0.0613. The van der Waals surface area contributed by atoms with Crippen molar-refractivity contribution in [1.82, 2.24) is 20.9 Å². The molecule has 270 valence electrons.